The molecule has 0 aromatic heterocycles. The highest BCUT2D eigenvalue weighted by Gasteiger charge is 2.17. The molecule has 0 aliphatic carbocycles. The largest absolute Gasteiger partial charge is 0.469 e. The molecular formula is C9H7BrFNO4. The first-order chi connectivity index (χ1) is 7.45. The molecule has 0 aliphatic rings. The number of nitro groups is 1. The quantitative estimate of drug-likeness (QED) is 0.486. The number of halogens is 2. The number of methoxy groups -OCH3 is 1. The highest BCUT2D eigenvalue weighted by atomic mass is 79.9. The van der Waals surface area contributed by atoms with Crippen molar-refractivity contribution >= 4 is 27.6 Å². The summed E-state index contributed by atoms with van der Waals surface area (Å²) in [6.07, 6.45) is -0.277. The van der Waals surface area contributed by atoms with E-state index >= 15 is 0 Å². The number of hydrogen-bond acceptors (Lipinski definition) is 4. The predicted molar refractivity (Wildman–Crippen MR) is 56.5 cm³/mol. The summed E-state index contributed by atoms with van der Waals surface area (Å²) in [6.45, 7) is 0. The van der Waals surface area contributed by atoms with Crippen LogP contribution >= 0.6 is 15.9 Å². The zero-order valence-corrected chi connectivity index (χ0v) is 9.78. The van der Waals surface area contributed by atoms with E-state index in [9.17, 15) is 19.3 Å². The Balaban J connectivity index is 3.12. The van der Waals surface area contributed by atoms with Crippen LogP contribution in [-0.4, -0.2) is 18.0 Å². The van der Waals surface area contributed by atoms with Gasteiger partial charge in [-0.05, 0) is 0 Å². The van der Waals surface area contributed by atoms with Crippen molar-refractivity contribution in [3.63, 3.8) is 0 Å². The molecule has 16 heavy (non-hydrogen) atoms. The lowest BCUT2D eigenvalue weighted by atomic mass is 10.1. The zero-order valence-electron chi connectivity index (χ0n) is 8.20. The highest BCUT2D eigenvalue weighted by molar-refractivity contribution is 9.10. The van der Waals surface area contributed by atoms with Gasteiger partial charge in [-0.15, -0.1) is 0 Å². The lowest BCUT2D eigenvalue weighted by Crippen LogP contribution is -2.07. The number of esters is 1. The minimum absolute atomic E-state index is 0.0393. The molecule has 0 spiro atoms. The van der Waals surface area contributed by atoms with Crippen LogP contribution in [0.4, 0.5) is 10.1 Å². The Morgan fingerprint density at radius 1 is 1.62 bits per heavy atom. The van der Waals surface area contributed by atoms with Crippen molar-refractivity contribution in [2.24, 2.45) is 0 Å². The maximum Gasteiger partial charge on any atom is 0.310 e. The average Bonchev–Trinajstić information content (AvgIpc) is 2.22. The van der Waals surface area contributed by atoms with Crippen LogP contribution in [0.15, 0.2) is 16.6 Å². The summed E-state index contributed by atoms with van der Waals surface area (Å²) in [6, 6.07) is 1.91. The Morgan fingerprint density at radius 3 is 2.69 bits per heavy atom. The molecule has 1 aromatic carbocycles. The third-order valence-corrected chi connectivity index (χ3v) is 2.59. The maximum absolute atomic E-state index is 13.4. The Hall–Kier alpha value is -1.50. The first-order valence-electron chi connectivity index (χ1n) is 4.15. The van der Waals surface area contributed by atoms with Crippen LogP contribution in [0.1, 0.15) is 5.56 Å². The summed E-state index contributed by atoms with van der Waals surface area (Å²) in [4.78, 5) is 20.7. The van der Waals surface area contributed by atoms with Crippen molar-refractivity contribution in [3.8, 4) is 0 Å². The van der Waals surface area contributed by atoms with Crippen LogP contribution in [0.5, 0.6) is 0 Å². The summed E-state index contributed by atoms with van der Waals surface area (Å²) in [5.41, 5.74) is -0.338. The van der Waals surface area contributed by atoms with Crippen molar-refractivity contribution in [3.05, 3.63) is 38.1 Å². The first-order valence-corrected chi connectivity index (χ1v) is 4.94. The van der Waals surface area contributed by atoms with Crippen molar-refractivity contribution < 1.29 is 18.8 Å². The molecule has 7 heteroatoms. The summed E-state index contributed by atoms with van der Waals surface area (Å²) < 4.78 is 18.0. The Kier molecular flexibility index (Phi) is 3.94. The lowest BCUT2D eigenvalue weighted by molar-refractivity contribution is -0.385. The van der Waals surface area contributed by atoms with Gasteiger partial charge in [-0.2, -0.15) is 0 Å². The van der Waals surface area contributed by atoms with E-state index in [1.165, 1.54) is 7.11 Å². The molecule has 0 unspecified atom stereocenters. The summed E-state index contributed by atoms with van der Waals surface area (Å²) >= 11 is 2.97. The number of nitro benzene ring substituents is 1. The first kappa shape index (κ1) is 12.6. The third kappa shape index (κ3) is 2.75. The number of benzene rings is 1. The Bertz CT molecular complexity index is 426. The van der Waals surface area contributed by atoms with Crippen molar-refractivity contribution in [2.45, 2.75) is 6.42 Å². The number of ether oxygens (including phenoxy) is 1. The zero-order chi connectivity index (χ0) is 12.3. The van der Waals surface area contributed by atoms with Crippen molar-refractivity contribution in [1.82, 2.24) is 0 Å². The molecule has 0 aliphatic heterocycles. The third-order valence-electron chi connectivity index (χ3n) is 1.89. The van der Waals surface area contributed by atoms with Crippen molar-refractivity contribution in [1.29, 1.82) is 0 Å². The molecule has 86 valence electrons. The van der Waals surface area contributed by atoms with Crippen LogP contribution < -0.4 is 0 Å². The molecule has 0 bridgehead atoms. The monoisotopic (exact) mass is 291 g/mol. The minimum atomic E-state index is -0.813. The van der Waals surface area contributed by atoms with Gasteiger partial charge in [-0.3, -0.25) is 14.9 Å². The lowest BCUT2D eigenvalue weighted by Gasteiger charge is -2.04. The molecular weight excluding hydrogens is 285 g/mol. The van der Waals surface area contributed by atoms with Gasteiger partial charge in [0.15, 0.2) is 0 Å². The minimum Gasteiger partial charge on any atom is -0.469 e. The summed E-state index contributed by atoms with van der Waals surface area (Å²) in [5.74, 6) is -1.43. The van der Waals surface area contributed by atoms with E-state index in [0.717, 1.165) is 12.1 Å². The van der Waals surface area contributed by atoms with Gasteiger partial charge in [0, 0.05) is 16.1 Å². The molecule has 5 nitrogen and oxygen atoms in total. The maximum atomic E-state index is 13.4. The van der Waals surface area contributed by atoms with Gasteiger partial charge < -0.3 is 4.74 Å². The number of carbonyl (C=O) groups excluding carboxylic acids is 1. The molecule has 0 saturated carbocycles. The van der Waals surface area contributed by atoms with Gasteiger partial charge >= 0.3 is 5.97 Å². The molecule has 0 saturated heterocycles. The molecule has 0 atom stereocenters. The number of rotatable bonds is 3. The van der Waals surface area contributed by atoms with Gasteiger partial charge in [-0.1, -0.05) is 15.9 Å². The topological polar surface area (TPSA) is 69.4 Å². The standard InChI is InChI=1S/C9H7BrFNO4/c1-16-9(13)4-6-7(10)2-5(12(14)15)3-8(6)11/h2-3H,4H2,1H3. The second kappa shape index (κ2) is 5.02. The second-order valence-corrected chi connectivity index (χ2v) is 3.75. The molecule has 0 N–H and O–H groups in total. The second-order valence-electron chi connectivity index (χ2n) is 2.90. The summed E-state index contributed by atoms with van der Waals surface area (Å²) in [5, 5.41) is 10.4. The fourth-order valence-electron chi connectivity index (χ4n) is 1.08. The van der Waals surface area contributed by atoms with Crippen LogP contribution in [0.3, 0.4) is 0 Å². The molecule has 0 radical (unpaired) electrons. The molecule has 0 fully saturated rings. The van der Waals surface area contributed by atoms with E-state index in [1.807, 2.05) is 0 Å². The molecule has 0 amide bonds. The van der Waals surface area contributed by atoms with E-state index in [0.29, 0.717) is 0 Å². The Labute approximate surface area is 98.5 Å². The summed E-state index contributed by atoms with van der Waals surface area (Å²) in [7, 11) is 1.18. The van der Waals surface area contributed by atoms with E-state index < -0.39 is 16.7 Å². The van der Waals surface area contributed by atoms with Crippen LogP contribution in [0.2, 0.25) is 0 Å². The van der Waals surface area contributed by atoms with Gasteiger partial charge in [0.25, 0.3) is 5.69 Å². The smallest absolute Gasteiger partial charge is 0.310 e. The van der Waals surface area contributed by atoms with Crippen LogP contribution in [0, 0.1) is 15.9 Å². The highest BCUT2D eigenvalue weighted by Crippen LogP contribution is 2.26. The number of carbonyl (C=O) groups is 1. The normalized spacial score (nSPS) is 9.94. The van der Waals surface area contributed by atoms with Crippen LogP contribution in [-0.2, 0) is 16.0 Å². The van der Waals surface area contributed by atoms with E-state index in [4.69, 9.17) is 0 Å². The Morgan fingerprint density at radius 2 is 2.25 bits per heavy atom. The predicted octanol–water partition coefficient (Wildman–Crippen LogP) is 2.21. The molecule has 0 heterocycles. The SMILES string of the molecule is COC(=O)Cc1c(F)cc([N+](=O)[O-])cc1Br. The van der Waals surface area contributed by atoms with E-state index in [2.05, 4.69) is 20.7 Å². The fourth-order valence-corrected chi connectivity index (χ4v) is 1.64. The average molecular weight is 292 g/mol. The molecule has 1 aromatic rings. The molecule has 1 rings (SSSR count). The van der Waals surface area contributed by atoms with Crippen molar-refractivity contribution in [2.75, 3.05) is 7.11 Å². The van der Waals surface area contributed by atoms with Gasteiger partial charge in [-0.25, -0.2) is 4.39 Å². The van der Waals surface area contributed by atoms with E-state index in [1.54, 1.807) is 0 Å². The fraction of sp³-hybridized carbons (Fsp3) is 0.222. The van der Waals surface area contributed by atoms with Crippen LogP contribution in [0.25, 0.3) is 0 Å². The number of nitrogens with zero attached hydrogens (tertiary/aromatic N) is 1. The van der Waals surface area contributed by atoms with Gasteiger partial charge in [0.2, 0.25) is 0 Å². The van der Waals surface area contributed by atoms with Gasteiger partial charge in [0.05, 0.1) is 24.5 Å². The number of non-ortho nitro benzene ring substituents is 1. The number of hydrogen-bond donors (Lipinski definition) is 0. The van der Waals surface area contributed by atoms with E-state index in [-0.39, 0.29) is 22.1 Å². The van der Waals surface area contributed by atoms with Gasteiger partial charge in [0.1, 0.15) is 5.82 Å².